The van der Waals surface area contributed by atoms with Gasteiger partial charge in [-0.1, -0.05) is 173 Å². The summed E-state index contributed by atoms with van der Waals surface area (Å²) in [6, 6.07) is 26.1. The Morgan fingerprint density at radius 3 is 2.47 bits per heavy atom. The number of carbonyl (C=O) groups is 1. The zero-order valence-electron chi connectivity index (χ0n) is 57.3. The molecular formula is C88H106N2O5. The lowest BCUT2D eigenvalue weighted by Gasteiger charge is -2.76. The van der Waals surface area contributed by atoms with Gasteiger partial charge in [0.05, 0.1) is 30.2 Å². The normalized spacial score (nSPS) is 41.3. The largest absolute Gasteiger partial charge is 0.516 e. The molecule has 13 aliphatic carbocycles. The maximum absolute atomic E-state index is 15.3. The molecule has 3 aromatic carbocycles. The maximum atomic E-state index is 15.3. The van der Waals surface area contributed by atoms with E-state index >= 15 is 4.79 Å². The van der Waals surface area contributed by atoms with Crippen molar-refractivity contribution in [2.45, 2.75) is 213 Å². The second-order valence-corrected chi connectivity index (χ2v) is 34.6. The van der Waals surface area contributed by atoms with Gasteiger partial charge in [0.1, 0.15) is 0 Å². The summed E-state index contributed by atoms with van der Waals surface area (Å²) in [6.07, 6.45) is 48.8. The maximum Gasteiger partial charge on any atom is 0.307 e. The summed E-state index contributed by atoms with van der Waals surface area (Å²) in [6.45, 7) is 8.93. The van der Waals surface area contributed by atoms with Crippen molar-refractivity contribution in [1.82, 2.24) is 10.6 Å². The molecule has 17 unspecified atom stereocenters. The van der Waals surface area contributed by atoms with Gasteiger partial charge in [0.15, 0.2) is 0 Å². The van der Waals surface area contributed by atoms with Crippen LogP contribution in [0.3, 0.4) is 0 Å². The van der Waals surface area contributed by atoms with Crippen molar-refractivity contribution in [3.8, 4) is 0 Å². The van der Waals surface area contributed by atoms with Crippen molar-refractivity contribution in [1.29, 1.82) is 0 Å². The van der Waals surface area contributed by atoms with Crippen LogP contribution in [0.25, 0.3) is 16.7 Å². The molecule has 0 radical (unpaired) electrons. The SMILES string of the molecule is CCCCCc1ccccc1CC1CCC2(CCC3C2C=CC24C(O)CC35C3=C(CCC52C)C25C6C=C7CCc8cccc9c8=C7C2C(=CC2(C=CCC(C)(C(O)C6)C25)C3)C=9Cc2cccc(c2)C2=CC=C(NCCCC(C3CCCCC3)C(=CO)CCC4C(=O)O)NC2)C1. The average molecular weight is 1270 g/mol. The summed E-state index contributed by atoms with van der Waals surface area (Å²) in [7, 11) is 0. The van der Waals surface area contributed by atoms with E-state index in [1.54, 1.807) is 27.9 Å². The predicted molar refractivity (Wildman–Crippen MR) is 380 cm³/mol. The first-order chi connectivity index (χ1) is 46.2. The summed E-state index contributed by atoms with van der Waals surface area (Å²) >= 11 is 0. The van der Waals surface area contributed by atoms with Gasteiger partial charge in [-0.3, -0.25) is 4.79 Å². The Morgan fingerprint density at radius 2 is 1.64 bits per heavy atom. The van der Waals surface area contributed by atoms with Gasteiger partial charge in [0, 0.05) is 46.1 Å². The summed E-state index contributed by atoms with van der Waals surface area (Å²) in [5.74, 6) is 1.48. The van der Waals surface area contributed by atoms with Crippen molar-refractivity contribution in [3.05, 3.63) is 194 Å². The number of aliphatic carboxylic acids is 1. The molecule has 6 N–H and O–H groups in total. The number of carboxylic acids is 1. The Balaban J connectivity index is 0.860. The minimum absolute atomic E-state index is 0.0897. The van der Waals surface area contributed by atoms with Gasteiger partial charge in [0.2, 0.25) is 0 Å². The van der Waals surface area contributed by atoms with Crippen LogP contribution in [0, 0.1) is 91.2 Å². The third kappa shape index (κ3) is 8.51. The van der Waals surface area contributed by atoms with E-state index in [1.165, 1.54) is 120 Å². The number of aryl methyl sites for hydroxylation is 2. The third-order valence-electron chi connectivity index (χ3n) is 31.1. The Hall–Kier alpha value is -5.89. The zero-order valence-corrected chi connectivity index (χ0v) is 57.3. The molecule has 0 amide bonds. The average Bonchev–Trinajstić information content (AvgIpc) is 1.61. The van der Waals surface area contributed by atoms with Crippen LogP contribution < -0.4 is 21.1 Å². The fourth-order valence-electron chi connectivity index (χ4n) is 27.6. The first-order valence-corrected chi connectivity index (χ1v) is 38.6. The number of nitrogens with one attached hydrogen (secondary N) is 2. The molecule has 0 aromatic heterocycles. The molecule has 17 atom stereocenters. The minimum Gasteiger partial charge on any atom is -0.516 e. The predicted octanol–water partition coefficient (Wildman–Crippen LogP) is 16.5. The van der Waals surface area contributed by atoms with Crippen LogP contribution in [0.4, 0.5) is 0 Å². The number of allylic oxidation sites excluding steroid dienone is 12. The first kappa shape index (κ1) is 61.4. The lowest BCUT2D eigenvalue weighted by Crippen LogP contribution is -2.72. The lowest BCUT2D eigenvalue weighted by atomic mass is 9.27. The Labute approximate surface area is 566 Å². The van der Waals surface area contributed by atoms with Gasteiger partial charge in [-0.2, -0.15) is 0 Å². The van der Waals surface area contributed by atoms with Crippen LogP contribution in [-0.2, 0) is 30.5 Å². The number of benzene rings is 3. The van der Waals surface area contributed by atoms with Crippen molar-refractivity contribution in [3.63, 3.8) is 0 Å². The standard InChI is InChI=1S/C88H106N2O5/c1-4-5-7-17-56-18-10-11-21-59(56)44-55-32-39-84(48-55)40-34-70-69(84)35-41-86-72(80(94)95)30-28-63(53-91)65(57-19-8-6-9-20-57)25-14-42-89-76-31-29-62(52-90-76)60-23-12-16-54(43-60)45-67-66-24-13-22-58-26-27-61-46-64-47-74(92)82(2)36-15-37-85-49-68(67)79(78(61)77(58)66)88(64,81(82)85)71-33-38-83(86,3)87(70,51-75(86)93)73(71)50-85/h10-13,15-16,18,21-24,29,31,35,37,41,43,46,49,53,55,57,64-65,69-70,72,74-75,79,81,89-93H,4-9,14,17,19-20,25-28,30,32-34,36,38-40,42,44-45,47-48,50-52H2,1-3H3,(H,94,95). The molecule has 7 nitrogen and oxygen atoms in total. The molecule has 3 aromatic rings. The molecule has 3 spiro atoms. The summed E-state index contributed by atoms with van der Waals surface area (Å²) in [5.41, 5.74) is 15.8. The Kier molecular flexibility index (Phi) is 14.6. The van der Waals surface area contributed by atoms with Gasteiger partial charge in [-0.15, -0.1) is 0 Å². The number of carboxylic acid groups (broad SMARTS) is 1. The molecule has 5 fully saturated rings. The van der Waals surface area contributed by atoms with E-state index in [-0.39, 0.29) is 51.8 Å². The highest BCUT2D eigenvalue weighted by molar-refractivity contribution is 5.87. The van der Waals surface area contributed by atoms with Crippen molar-refractivity contribution in [2.75, 3.05) is 13.1 Å². The third-order valence-corrected chi connectivity index (χ3v) is 31.1. The van der Waals surface area contributed by atoms with Crippen LogP contribution in [0.5, 0.6) is 0 Å². The minimum atomic E-state index is -1.05. The molecule has 5 saturated carbocycles. The number of hydrogen-bond donors (Lipinski definition) is 6. The monoisotopic (exact) mass is 1270 g/mol. The van der Waals surface area contributed by atoms with E-state index in [1.807, 2.05) is 0 Å². The number of fused-ring (bicyclic) bond motifs is 2. The summed E-state index contributed by atoms with van der Waals surface area (Å²) in [4.78, 5) is 15.3. The highest BCUT2D eigenvalue weighted by Crippen LogP contribution is 2.87. The molecule has 498 valence electrons. The number of rotatable bonds is 8. The molecule has 95 heavy (non-hydrogen) atoms. The Bertz CT molecular complexity index is 4090. The molecule has 19 aliphatic rings. The number of aliphatic hydroxyl groups is 3. The van der Waals surface area contributed by atoms with E-state index in [0.717, 1.165) is 121 Å². The summed E-state index contributed by atoms with van der Waals surface area (Å²) < 4.78 is 0. The number of dihydropyridines is 1. The van der Waals surface area contributed by atoms with Crippen LogP contribution in [0.1, 0.15) is 203 Å². The highest BCUT2D eigenvalue weighted by atomic mass is 16.4. The Morgan fingerprint density at radius 1 is 0.789 bits per heavy atom. The van der Waals surface area contributed by atoms with Gasteiger partial charge < -0.3 is 31.1 Å². The number of aliphatic hydroxyl groups excluding tert-OH is 3. The molecule has 14 bridgehead atoms. The smallest absolute Gasteiger partial charge is 0.307 e. The van der Waals surface area contributed by atoms with Gasteiger partial charge in [-0.25, -0.2) is 0 Å². The zero-order chi connectivity index (χ0) is 64.4. The molecule has 6 aliphatic heterocycles. The van der Waals surface area contributed by atoms with Crippen LogP contribution in [0.15, 0.2) is 155 Å². The quantitative estimate of drug-likeness (QED) is 0.0755. The highest BCUT2D eigenvalue weighted by Gasteiger charge is 2.82. The first-order valence-electron chi connectivity index (χ1n) is 38.6. The van der Waals surface area contributed by atoms with Gasteiger partial charge in [0.25, 0.3) is 0 Å². The van der Waals surface area contributed by atoms with Gasteiger partial charge in [-0.05, 0) is 278 Å². The van der Waals surface area contributed by atoms with Crippen molar-refractivity contribution >= 4 is 22.7 Å². The fourth-order valence-corrected chi connectivity index (χ4v) is 27.6. The topological polar surface area (TPSA) is 122 Å². The van der Waals surface area contributed by atoms with Crippen LogP contribution in [0.2, 0.25) is 0 Å². The lowest BCUT2D eigenvalue weighted by molar-refractivity contribution is -0.184. The van der Waals surface area contributed by atoms with Crippen LogP contribution in [-0.4, -0.2) is 51.7 Å². The summed E-state index contributed by atoms with van der Waals surface area (Å²) in [5, 5.41) is 62.3. The van der Waals surface area contributed by atoms with Crippen molar-refractivity contribution in [2.24, 2.45) is 91.2 Å². The van der Waals surface area contributed by atoms with E-state index < -0.39 is 45.8 Å². The van der Waals surface area contributed by atoms with Crippen molar-refractivity contribution < 1.29 is 25.2 Å². The van der Waals surface area contributed by atoms with E-state index in [2.05, 4.69) is 147 Å². The molecule has 22 rings (SSSR count). The van der Waals surface area contributed by atoms with Crippen LogP contribution >= 0.6 is 0 Å². The number of unbranched alkanes of at least 4 members (excludes halogenated alkanes) is 2. The van der Waals surface area contributed by atoms with E-state index in [0.29, 0.717) is 31.1 Å². The second kappa shape index (κ2) is 22.6. The van der Waals surface area contributed by atoms with E-state index in [4.69, 9.17) is 0 Å². The van der Waals surface area contributed by atoms with Gasteiger partial charge >= 0.3 is 5.97 Å². The molecular weight excluding hydrogens is 1160 g/mol. The number of hydrogen-bond acceptors (Lipinski definition) is 6. The van der Waals surface area contributed by atoms with E-state index in [9.17, 15) is 20.4 Å². The fraction of sp³-hybridized carbons (Fsp3) is 0.580. The molecule has 0 saturated heterocycles. The second-order valence-electron chi connectivity index (χ2n) is 34.6. The molecule has 7 heteroatoms. The molecule has 6 heterocycles.